The van der Waals surface area contributed by atoms with Gasteiger partial charge in [0, 0.05) is 0 Å². The van der Waals surface area contributed by atoms with Gasteiger partial charge < -0.3 is 10.2 Å². The predicted octanol–water partition coefficient (Wildman–Crippen LogP) is 1.12. The van der Waals surface area contributed by atoms with E-state index < -0.39 is 5.82 Å². The van der Waals surface area contributed by atoms with Gasteiger partial charge in [-0.15, -0.1) is 0 Å². The lowest BCUT2D eigenvalue weighted by Gasteiger charge is -2.06. The molecule has 0 amide bonds. The number of nitrogens with two attached hydrogens (primary N) is 1. The second-order valence-electron chi connectivity index (χ2n) is 1.96. The van der Waals surface area contributed by atoms with Gasteiger partial charge >= 0.3 is 0 Å². The normalized spacial score (nSPS) is 9.36. The SMILES string of the molecule is COc1cccc(F)c1NN. The smallest absolute Gasteiger partial charge is 0.151 e. The van der Waals surface area contributed by atoms with Crippen molar-refractivity contribution in [1.29, 1.82) is 0 Å². The highest BCUT2D eigenvalue weighted by Crippen LogP contribution is 2.25. The van der Waals surface area contributed by atoms with Crippen molar-refractivity contribution in [1.82, 2.24) is 0 Å². The minimum atomic E-state index is -0.424. The van der Waals surface area contributed by atoms with E-state index in [1.807, 2.05) is 0 Å². The minimum absolute atomic E-state index is 0.176. The first-order valence-corrected chi connectivity index (χ1v) is 3.08. The molecule has 3 N–H and O–H groups in total. The summed E-state index contributed by atoms with van der Waals surface area (Å²) < 4.78 is 17.6. The molecule has 0 saturated heterocycles. The van der Waals surface area contributed by atoms with Crippen molar-refractivity contribution in [2.75, 3.05) is 12.5 Å². The summed E-state index contributed by atoms with van der Waals surface area (Å²) >= 11 is 0. The third kappa shape index (κ3) is 1.40. The zero-order valence-corrected chi connectivity index (χ0v) is 6.10. The number of hydrogen-bond donors (Lipinski definition) is 2. The van der Waals surface area contributed by atoms with Gasteiger partial charge in [-0.2, -0.15) is 0 Å². The Morgan fingerprint density at radius 2 is 2.27 bits per heavy atom. The van der Waals surface area contributed by atoms with Crippen LogP contribution < -0.4 is 16.0 Å². The molecular weight excluding hydrogens is 147 g/mol. The Hall–Kier alpha value is -1.29. The zero-order valence-electron chi connectivity index (χ0n) is 6.10. The van der Waals surface area contributed by atoms with Crippen LogP contribution in [-0.4, -0.2) is 7.11 Å². The molecule has 0 spiro atoms. The van der Waals surface area contributed by atoms with E-state index >= 15 is 0 Å². The number of rotatable bonds is 2. The van der Waals surface area contributed by atoms with Crippen LogP contribution in [0.4, 0.5) is 10.1 Å². The summed E-state index contributed by atoms with van der Waals surface area (Å²) in [6.45, 7) is 0. The van der Waals surface area contributed by atoms with E-state index in [0.717, 1.165) is 0 Å². The summed E-state index contributed by atoms with van der Waals surface area (Å²) in [6.07, 6.45) is 0. The van der Waals surface area contributed by atoms with E-state index in [9.17, 15) is 4.39 Å². The minimum Gasteiger partial charge on any atom is -0.494 e. The maximum absolute atomic E-state index is 12.8. The maximum Gasteiger partial charge on any atom is 0.151 e. The van der Waals surface area contributed by atoms with Crippen LogP contribution in [0.2, 0.25) is 0 Å². The number of anilines is 1. The Morgan fingerprint density at radius 1 is 1.55 bits per heavy atom. The monoisotopic (exact) mass is 156 g/mol. The van der Waals surface area contributed by atoms with Crippen LogP contribution in [-0.2, 0) is 0 Å². The molecule has 0 aromatic heterocycles. The van der Waals surface area contributed by atoms with Crippen molar-refractivity contribution in [2.24, 2.45) is 5.84 Å². The molecule has 0 atom stereocenters. The Labute approximate surface area is 63.9 Å². The van der Waals surface area contributed by atoms with Crippen LogP contribution in [0, 0.1) is 5.82 Å². The van der Waals surface area contributed by atoms with Gasteiger partial charge in [0.15, 0.2) is 5.82 Å². The van der Waals surface area contributed by atoms with Gasteiger partial charge in [-0.3, -0.25) is 5.84 Å². The van der Waals surface area contributed by atoms with Crippen LogP contribution in [0.5, 0.6) is 5.75 Å². The van der Waals surface area contributed by atoms with Crippen molar-refractivity contribution in [3.05, 3.63) is 24.0 Å². The van der Waals surface area contributed by atoms with Crippen LogP contribution >= 0.6 is 0 Å². The molecule has 0 radical (unpaired) electrons. The van der Waals surface area contributed by atoms with Gasteiger partial charge in [-0.1, -0.05) is 6.07 Å². The predicted molar refractivity (Wildman–Crippen MR) is 40.8 cm³/mol. The third-order valence-electron chi connectivity index (χ3n) is 1.34. The first-order valence-electron chi connectivity index (χ1n) is 3.08. The summed E-state index contributed by atoms with van der Waals surface area (Å²) in [5.74, 6) is 5.03. The Kier molecular flexibility index (Phi) is 2.28. The van der Waals surface area contributed by atoms with E-state index in [-0.39, 0.29) is 5.69 Å². The number of nitrogens with one attached hydrogen (secondary N) is 1. The largest absolute Gasteiger partial charge is 0.494 e. The fourth-order valence-electron chi connectivity index (χ4n) is 0.815. The summed E-state index contributed by atoms with van der Waals surface area (Å²) in [6, 6.07) is 4.48. The first-order chi connectivity index (χ1) is 5.29. The van der Waals surface area contributed by atoms with E-state index in [1.54, 1.807) is 12.1 Å². The number of benzene rings is 1. The van der Waals surface area contributed by atoms with Crippen LogP contribution in [0.3, 0.4) is 0 Å². The summed E-state index contributed by atoms with van der Waals surface area (Å²) in [5.41, 5.74) is 2.39. The maximum atomic E-state index is 12.8. The molecule has 0 heterocycles. The number of para-hydroxylation sites is 1. The average molecular weight is 156 g/mol. The van der Waals surface area contributed by atoms with Crippen molar-refractivity contribution < 1.29 is 9.13 Å². The molecule has 1 aromatic rings. The topological polar surface area (TPSA) is 47.3 Å². The second-order valence-corrected chi connectivity index (χ2v) is 1.96. The Bertz CT molecular complexity index is 252. The zero-order chi connectivity index (χ0) is 8.27. The van der Waals surface area contributed by atoms with E-state index in [4.69, 9.17) is 10.6 Å². The average Bonchev–Trinajstić information content (AvgIpc) is 2.04. The van der Waals surface area contributed by atoms with Gasteiger partial charge in [0.1, 0.15) is 11.4 Å². The standard InChI is InChI=1S/C7H9FN2O/c1-11-6-4-2-3-5(8)7(6)10-9/h2-4,10H,9H2,1H3. The fraction of sp³-hybridized carbons (Fsp3) is 0.143. The second kappa shape index (κ2) is 3.21. The number of nitrogen functional groups attached to an aromatic ring is 1. The van der Waals surface area contributed by atoms with Gasteiger partial charge in [0.05, 0.1) is 7.11 Å². The Balaban J connectivity index is 3.13. The molecule has 4 heteroatoms. The quantitative estimate of drug-likeness (QED) is 0.498. The molecule has 0 fully saturated rings. The van der Waals surface area contributed by atoms with Crippen molar-refractivity contribution in [3.63, 3.8) is 0 Å². The van der Waals surface area contributed by atoms with Crippen molar-refractivity contribution in [2.45, 2.75) is 0 Å². The number of halogens is 1. The van der Waals surface area contributed by atoms with E-state index in [1.165, 1.54) is 13.2 Å². The molecule has 11 heavy (non-hydrogen) atoms. The van der Waals surface area contributed by atoms with Gasteiger partial charge in [-0.05, 0) is 12.1 Å². The fourth-order valence-corrected chi connectivity index (χ4v) is 0.815. The van der Waals surface area contributed by atoms with Gasteiger partial charge in [0.25, 0.3) is 0 Å². The van der Waals surface area contributed by atoms with E-state index in [0.29, 0.717) is 5.75 Å². The molecular formula is C7H9FN2O. The van der Waals surface area contributed by atoms with E-state index in [2.05, 4.69) is 5.43 Å². The molecule has 0 aliphatic heterocycles. The molecule has 1 aromatic carbocycles. The summed E-state index contributed by atoms with van der Waals surface area (Å²) in [5, 5.41) is 0. The number of ether oxygens (including phenoxy) is 1. The van der Waals surface area contributed by atoms with Crippen LogP contribution in [0.15, 0.2) is 18.2 Å². The lowest BCUT2D eigenvalue weighted by atomic mass is 10.3. The highest BCUT2D eigenvalue weighted by molar-refractivity contribution is 5.56. The van der Waals surface area contributed by atoms with Crippen molar-refractivity contribution >= 4 is 5.69 Å². The number of methoxy groups -OCH3 is 1. The lowest BCUT2D eigenvalue weighted by molar-refractivity contribution is 0.413. The summed E-state index contributed by atoms with van der Waals surface area (Å²) in [4.78, 5) is 0. The van der Waals surface area contributed by atoms with Crippen molar-refractivity contribution in [3.8, 4) is 5.75 Å². The molecule has 1 rings (SSSR count). The first kappa shape index (κ1) is 7.81. The molecule has 0 unspecified atom stereocenters. The summed E-state index contributed by atoms with van der Waals surface area (Å²) in [7, 11) is 1.45. The third-order valence-corrected chi connectivity index (χ3v) is 1.34. The van der Waals surface area contributed by atoms with Gasteiger partial charge in [-0.25, -0.2) is 4.39 Å². The number of hydrogen-bond acceptors (Lipinski definition) is 3. The Morgan fingerprint density at radius 3 is 2.73 bits per heavy atom. The number of hydrazine groups is 1. The molecule has 0 saturated carbocycles. The lowest BCUT2D eigenvalue weighted by Crippen LogP contribution is -2.09. The molecule has 0 aliphatic rings. The van der Waals surface area contributed by atoms with Crippen LogP contribution in [0.25, 0.3) is 0 Å². The highest BCUT2D eigenvalue weighted by atomic mass is 19.1. The molecule has 0 bridgehead atoms. The molecule has 0 aliphatic carbocycles. The molecule has 3 nitrogen and oxygen atoms in total. The molecule has 60 valence electrons. The van der Waals surface area contributed by atoms with Gasteiger partial charge in [0.2, 0.25) is 0 Å². The van der Waals surface area contributed by atoms with Crippen LogP contribution in [0.1, 0.15) is 0 Å². The highest BCUT2D eigenvalue weighted by Gasteiger charge is 2.05.